The van der Waals surface area contributed by atoms with Crippen LogP contribution in [0.25, 0.3) is 0 Å². The summed E-state index contributed by atoms with van der Waals surface area (Å²) in [6.45, 7) is 3.65. The van der Waals surface area contributed by atoms with Gasteiger partial charge in [0.25, 0.3) is 0 Å². The van der Waals surface area contributed by atoms with E-state index >= 15 is 0 Å². The summed E-state index contributed by atoms with van der Waals surface area (Å²) in [4.78, 5) is 33.8. The Kier molecular flexibility index (Phi) is 6.97. The molecule has 2 aromatic rings. The highest BCUT2D eigenvalue weighted by Crippen LogP contribution is 2.42. The van der Waals surface area contributed by atoms with E-state index in [9.17, 15) is 18.0 Å². The van der Waals surface area contributed by atoms with Gasteiger partial charge >= 0.3 is 12.1 Å². The molecule has 2 aliphatic rings. The minimum Gasteiger partial charge on any atom is -0.497 e. The lowest BCUT2D eigenvalue weighted by atomic mass is 9.86. The molecule has 2 saturated heterocycles. The first-order chi connectivity index (χ1) is 15.1. The SMILES string of the molecule is COc1ccc(CN2CCC3(CC(=O)N(c4cncnc4)C3)C2)cc1.O=C(O)C(F)(F)F. The number of alkyl halides is 3. The van der Waals surface area contributed by atoms with Gasteiger partial charge in [0.1, 0.15) is 12.1 Å². The number of nitrogens with zero attached hydrogens (tertiary/aromatic N) is 4. The maximum Gasteiger partial charge on any atom is 0.490 e. The number of anilines is 1. The summed E-state index contributed by atoms with van der Waals surface area (Å²) in [7, 11) is 1.68. The van der Waals surface area contributed by atoms with Gasteiger partial charge in [-0.3, -0.25) is 9.69 Å². The molecule has 0 saturated carbocycles. The lowest BCUT2D eigenvalue weighted by Crippen LogP contribution is -2.31. The first kappa shape index (κ1) is 23.5. The van der Waals surface area contributed by atoms with Crippen LogP contribution in [0.3, 0.4) is 0 Å². The van der Waals surface area contributed by atoms with Gasteiger partial charge in [-0.15, -0.1) is 0 Å². The van der Waals surface area contributed by atoms with Crippen molar-refractivity contribution in [3.8, 4) is 5.75 Å². The zero-order valence-corrected chi connectivity index (χ0v) is 17.4. The molecule has 3 heterocycles. The predicted molar refractivity (Wildman–Crippen MR) is 108 cm³/mol. The quantitative estimate of drug-likeness (QED) is 0.762. The highest BCUT2D eigenvalue weighted by Gasteiger charge is 2.47. The maximum absolute atomic E-state index is 12.5. The number of carbonyl (C=O) groups is 2. The second kappa shape index (κ2) is 9.51. The van der Waals surface area contributed by atoms with Crippen LogP contribution in [0.1, 0.15) is 18.4 Å². The molecule has 0 bridgehead atoms. The van der Waals surface area contributed by atoms with Crippen molar-refractivity contribution >= 4 is 17.6 Å². The van der Waals surface area contributed by atoms with Crippen molar-refractivity contribution in [2.75, 3.05) is 31.6 Å². The Labute approximate surface area is 182 Å². The molecule has 1 N–H and O–H groups in total. The van der Waals surface area contributed by atoms with Gasteiger partial charge in [-0.1, -0.05) is 12.1 Å². The van der Waals surface area contributed by atoms with Gasteiger partial charge in [0.2, 0.25) is 5.91 Å². The van der Waals surface area contributed by atoms with E-state index in [2.05, 4.69) is 27.0 Å². The van der Waals surface area contributed by atoms with Crippen molar-refractivity contribution in [2.45, 2.75) is 25.6 Å². The lowest BCUT2D eigenvalue weighted by Gasteiger charge is -2.24. The van der Waals surface area contributed by atoms with Gasteiger partial charge < -0.3 is 14.7 Å². The third-order valence-electron chi connectivity index (χ3n) is 5.50. The third kappa shape index (κ3) is 5.72. The Bertz CT molecular complexity index is 940. The Hall–Kier alpha value is -3.21. The van der Waals surface area contributed by atoms with E-state index in [0.29, 0.717) is 6.42 Å². The number of carboxylic acids is 1. The average molecular weight is 452 g/mol. The molecule has 1 spiro atoms. The fraction of sp³-hybridized carbons (Fsp3) is 0.429. The Balaban J connectivity index is 0.000000360. The molecule has 1 aromatic carbocycles. The maximum atomic E-state index is 12.5. The molecule has 4 rings (SSSR count). The van der Waals surface area contributed by atoms with Crippen molar-refractivity contribution in [2.24, 2.45) is 5.41 Å². The van der Waals surface area contributed by atoms with Crippen LogP contribution in [0.4, 0.5) is 18.9 Å². The van der Waals surface area contributed by atoms with E-state index in [1.165, 1.54) is 11.9 Å². The van der Waals surface area contributed by atoms with Gasteiger partial charge in [0.05, 0.1) is 25.2 Å². The number of likely N-dealkylation sites (tertiary alicyclic amines) is 1. The van der Waals surface area contributed by atoms with Crippen LogP contribution in [-0.2, 0) is 16.1 Å². The van der Waals surface area contributed by atoms with Gasteiger partial charge in [0.15, 0.2) is 0 Å². The first-order valence-corrected chi connectivity index (χ1v) is 9.83. The standard InChI is InChI=1S/C19H22N4O2.C2HF3O2/c1-25-17-4-2-15(3-5-17)11-22-7-6-19(12-22)8-18(24)23(13-19)16-9-20-14-21-10-16;3-2(4,5)1(6)7/h2-5,9-10,14H,6-8,11-13H2,1H3;(H,6,7). The third-order valence-corrected chi connectivity index (χ3v) is 5.50. The smallest absolute Gasteiger partial charge is 0.490 e. The van der Waals surface area contributed by atoms with Crippen molar-refractivity contribution in [3.05, 3.63) is 48.5 Å². The zero-order chi connectivity index (χ0) is 23.4. The second-order valence-electron chi connectivity index (χ2n) is 7.86. The van der Waals surface area contributed by atoms with E-state index in [1.54, 1.807) is 19.5 Å². The summed E-state index contributed by atoms with van der Waals surface area (Å²) in [6, 6.07) is 8.21. The van der Waals surface area contributed by atoms with Crippen LogP contribution in [-0.4, -0.2) is 64.8 Å². The topological polar surface area (TPSA) is 95.9 Å². The van der Waals surface area contributed by atoms with Gasteiger partial charge in [-0.2, -0.15) is 13.2 Å². The first-order valence-electron chi connectivity index (χ1n) is 9.83. The summed E-state index contributed by atoms with van der Waals surface area (Å²) in [5.41, 5.74) is 2.13. The number of carboxylic acid groups (broad SMARTS) is 1. The number of ether oxygens (including phenoxy) is 1. The number of aromatic nitrogens is 2. The number of carbonyl (C=O) groups excluding carboxylic acids is 1. The van der Waals surface area contributed by atoms with Gasteiger partial charge in [0, 0.05) is 31.5 Å². The highest BCUT2D eigenvalue weighted by atomic mass is 19.4. The van der Waals surface area contributed by atoms with E-state index in [0.717, 1.165) is 44.0 Å². The number of rotatable bonds is 4. The van der Waals surface area contributed by atoms with Crippen molar-refractivity contribution in [1.82, 2.24) is 14.9 Å². The van der Waals surface area contributed by atoms with Crippen molar-refractivity contribution in [3.63, 3.8) is 0 Å². The van der Waals surface area contributed by atoms with E-state index < -0.39 is 12.1 Å². The molecule has 1 aromatic heterocycles. The van der Waals surface area contributed by atoms with Crippen LogP contribution in [0.2, 0.25) is 0 Å². The zero-order valence-electron chi connectivity index (χ0n) is 17.4. The molecule has 32 heavy (non-hydrogen) atoms. The van der Waals surface area contributed by atoms with Crippen molar-refractivity contribution in [1.29, 1.82) is 0 Å². The average Bonchev–Trinajstić information content (AvgIpc) is 3.30. The number of benzene rings is 1. The monoisotopic (exact) mass is 452 g/mol. The lowest BCUT2D eigenvalue weighted by molar-refractivity contribution is -0.192. The summed E-state index contributed by atoms with van der Waals surface area (Å²) >= 11 is 0. The molecule has 0 radical (unpaired) electrons. The van der Waals surface area contributed by atoms with Gasteiger partial charge in [-0.05, 0) is 30.7 Å². The molecule has 11 heteroatoms. The van der Waals surface area contributed by atoms with E-state index in [4.69, 9.17) is 14.6 Å². The van der Waals surface area contributed by atoms with Crippen LogP contribution in [0.5, 0.6) is 5.75 Å². The summed E-state index contributed by atoms with van der Waals surface area (Å²) < 4.78 is 37.0. The van der Waals surface area contributed by atoms with E-state index in [-0.39, 0.29) is 11.3 Å². The van der Waals surface area contributed by atoms with E-state index in [1.807, 2.05) is 17.0 Å². The summed E-state index contributed by atoms with van der Waals surface area (Å²) in [5, 5.41) is 7.12. The Morgan fingerprint density at radius 2 is 1.81 bits per heavy atom. The molecule has 0 aliphatic carbocycles. The Morgan fingerprint density at radius 1 is 1.19 bits per heavy atom. The van der Waals surface area contributed by atoms with Crippen LogP contribution in [0, 0.1) is 5.41 Å². The molecule has 172 valence electrons. The fourth-order valence-corrected chi connectivity index (χ4v) is 3.99. The number of aliphatic carboxylic acids is 1. The molecule has 1 unspecified atom stereocenters. The molecule has 1 amide bonds. The van der Waals surface area contributed by atoms with Crippen LogP contribution < -0.4 is 9.64 Å². The van der Waals surface area contributed by atoms with Crippen molar-refractivity contribution < 1.29 is 32.6 Å². The largest absolute Gasteiger partial charge is 0.497 e. The normalized spacial score (nSPS) is 20.9. The minimum absolute atomic E-state index is 0.0550. The number of methoxy groups -OCH3 is 1. The Morgan fingerprint density at radius 3 is 2.38 bits per heavy atom. The number of halogens is 3. The predicted octanol–water partition coefficient (Wildman–Crippen LogP) is 2.75. The van der Waals surface area contributed by atoms with Crippen LogP contribution in [0.15, 0.2) is 43.0 Å². The molecule has 8 nitrogen and oxygen atoms in total. The molecular formula is C21H23F3N4O4. The number of hydrogen-bond acceptors (Lipinski definition) is 6. The van der Waals surface area contributed by atoms with Crippen LogP contribution >= 0.6 is 0 Å². The second-order valence-corrected chi connectivity index (χ2v) is 7.86. The number of amides is 1. The van der Waals surface area contributed by atoms with Gasteiger partial charge in [-0.25, -0.2) is 14.8 Å². The molecule has 1 atom stereocenters. The molecule has 2 aliphatic heterocycles. The highest BCUT2D eigenvalue weighted by molar-refractivity contribution is 5.96. The molecule has 2 fully saturated rings. The fourth-order valence-electron chi connectivity index (χ4n) is 3.99. The molecular weight excluding hydrogens is 429 g/mol. The number of hydrogen-bond donors (Lipinski definition) is 1. The minimum atomic E-state index is -5.08. The summed E-state index contributed by atoms with van der Waals surface area (Å²) in [6.07, 6.45) is 1.51. The summed E-state index contributed by atoms with van der Waals surface area (Å²) in [5.74, 6) is -1.70.